The summed E-state index contributed by atoms with van der Waals surface area (Å²) in [7, 11) is 0. The Labute approximate surface area is 244 Å². The summed E-state index contributed by atoms with van der Waals surface area (Å²) in [6, 6.07) is 0. The lowest BCUT2D eigenvalue weighted by Crippen LogP contribution is -2.55. The fraction of sp³-hybridized carbons (Fsp3) is 0.815. The lowest BCUT2D eigenvalue weighted by molar-refractivity contribution is -0.208. The summed E-state index contributed by atoms with van der Waals surface area (Å²) in [5.74, 6) is 0.0830. The van der Waals surface area contributed by atoms with Gasteiger partial charge in [-0.3, -0.25) is 9.79 Å². The molecule has 0 saturated carbocycles. The van der Waals surface area contributed by atoms with Crippen LogP contribution in [-0.4, -0.2) is 85.1 Å². The summed E-state index contributed by atoms with van der Waals surface area (Å²) in [6.07, 6.45) is 6.65. The van der Waals surface area contributed by atoms with Crippen LogP contribution < -0.4 is 5.32 Å². The van der Waals surface area contributed by atoms with E-state index in [2.05, 4.69) is 52.0 Å². The zero-order valence-corrected chi connectivity index (χ0v) is 26.4. The number of aliphatic imine (C=N–C) groups is 1. The second-order valence-corrected chi connectivity index (χ2v) is 13.3. The van der Waals surface area contributed by atoms with Crippen LogP contribution in [0.4, 0.5) is 0 Å². The van der Waals surface area contributed by atoms with Gasteiger partial charge in [-0.2, -0.15) is 0 Å². The van der Waals surface area contributed by atoms with Gasteiger partial charge in [-0.25, -0.2) is 4.98 Å². The lowest BCUT2D eigenvalue weighted by Gasteiger charge is -2.41. The van der Waals surface area contributed by atoms with Crippen molar-refractivity contribution in [1.82, 2.24) is 10.3 Å². The molecule has 216 valence electrons. The van der Waals surface area contributed by atoms with Gasteiger partial charge in [0.2, 0.25) is 0 Å². The third kappa shape index (κ3) is 9.82. The van der Waals surface area contributed by atoms with Gasteiger partial charge < -0.3 is 24.3 Å². The Morgan fingerprint density at radius 1 is 1.11 bits per heavy atom. The molecular weight excluding hydrogens is 590 g/mol. The van der Waals surface area contributed by atoms with E-state index in [9.17, 15) is 4.79 Å². The molecule has 1 N–H and O–H groups in total. The average Bonchev–Trinajstić information content (AvgIpc) is 3.52. The van der Waals surface area contributed by atoms with Gasteiger partial charge in [0.15, 0.2) is 14.9 Å². The van der Waals surface area contributed by atoms with E-state index in [1.165, 1.54) is 23.1 Å². The highest BCUT2D eigenvalue weighted by atomic mass is 79.9. The van der Waals surface area contributed by atoms with Crippen molar-refractivity contribution in [3.8, 4) is 0 Å². The second-order valence-electron chi connectivity index (χ2n) is 9.79. The highest BCUT2D eigenvalue weighted by Gasteiger charge is 2.41. The number of ether oxygens (including phenoxy) is 4. The molecule has 0 bridgehead atoms. The zero-order chi connectivity index (χ0) is 27.3. The zero-order valence-electron chi connectivity index (χ0n) is 23.2. The number of ketones is 1. The van der Waals surface area contributed by atoms with Crippen molar-refractivity contribution < 1.29 is 23.7 Å². The van der Waals surface area contributed by atoms with Crippen molar-refractivity contribution in [3.63, 3.8) is 0 Å². The fourth-order valence-electron chi connectivity index (χ4n) is 4.40. The van der Waals surface area contributed by atoms with Gasteiger partial charge in [-0.1, -0.05) is 51.8 Å². The van der Waals surface area contributed by atoms with Crippen molar-refractivity contribution in [3.05, 3.63) is 14.5 Å². The van der Waals surface area contributed by atoms with Crippen molar-refractivity contribution >= 4 is 50.0 Å². The molecule has 8 nitrogen and oxygen atoms in total. The van der Waals surface area contributed by atoms with Gasteiger partial charge in [-0.05, 0) is 42.1 Å². The van der Waals surface area contributed by atoms with Crippen LogP contribution in [0.25, 0.3) is 0 Å². The molecular formula is C27H44BrN3O5S2. The van der Waals surface area contributed by atoms with E-state index in [-0.39, 0.29) is 35.4 Å². The van der Waals surface area contributed by atoms with E-state index >= 15 is 0 Å². The maximum absolute atomic E-state index is 13.0. The number of aromatic nitrogens is 1. The molecule has 0 spiro atoms. The number of hydrogen-bond donors (Lipinski definition) is 1. The highest BCUT2D eigenvalue weighted by Crippen LogP contribution is 2.30. The van der Waals surface area contributed by atoms with E-state index in [4.69, 9.17) is 18.9 Å². The quantitative estimate of drug-likeness (QED) is 0.170. The monoisotopic (exact) mass is 633 g/mol. The number of thioether (sulfide) groups is 1. The normalized spacial score (nSPS) is 25.5. The number of hydrogen-bond acceptors (Lipinski definition) is 10. The topological polar surface area (TPSA) is 91.3 Å². The predicted octanol–water partition coefficient (Wildman–Crippen LogP) is 5.80. The first-order valence-corrected chi connectivity index (χ1v) is 16.5. The molecule has 1 unspecified atom stereocenters. The molecule has 3 heterocycles. The molecule has 0 amide bonds. The van der Waals surface area contributed by atoms with Gasteiger partial charge in [-0.15, -0.1) is 11.3 Å². The van der Waals surface area contributed by atoms with Crippen molar-refractivity contribution in [1.29, 1.82) is 0 Å². The van der Waals surface area contributed by atoms with Crippen LogP contribution in [0.15, 0.2) is 8.91 Å². The summed E-state index contributed by atoms with van der Waals surface area (Å²) in [5.41, 5.74) is 0.762. The predicted molar refractivity (Wildman–Crippen MR) is 159 cm³/mol. The van der Waals surface area contributed by atoms with E-state index < -0.39 is 0 Å². The summed E-state index contributed by atoms with van der Waals surface area (Å²) >= 11 is 6.25. The summed E-state index contributed by atoms with van der Waals surface area (Å²) < 4.78 is 25.9. The first-order valence-electron chi connectivity index (χ1n) is 14.0. The summed E-state index contributed by atoms with van der Waals surface area (Å²) in [6.45, 7) is 12.1. The van der Waals surface area contributed by atoms with E-state index in [0.29, 0.717) is 31.2 Å². The van der Waals surface area contributed by atoms with E-state index in [0.717, 1.165) is 72.9 Å². The van der Waals surface area contributed by atoms with Gasteiger partial charge in [0.1, 0.15) is 12.2 Å². The third-order valence-electron chi connectivity index (χ3n) is 6.58. The smallest absolute Gasteiger partial charge is 0.190 e. The number of amidine groups is 1. The van der Waals surface area contributed by atoms with Crippen LogP contribution >= 0.6 is 39.0 Å². The molecule has 1 saturated heterocycles. The van der Waals surface area contributed by atoms with Crippen LogP contribution in [0.2, 0.25) is 0 Å². The number of halogens is 1. The third-order valence-corrected chi connectivity index (χ3v) is 9.34. The maximum Gasteiger partial charge on any atom is 0.190 e. The van der Waals surface area contributed by atoms with Gasteiger partial charge >= 0.3 is 0 Å². The molecule has 0 radical (unpaired) electrons. The maximum atomic E-state index is 13.0. The van der Waals surface area contributed by atoms with Crippen molar-refractivity contribution in [2.75, 3.05) is 39.5 Å². The first-order chi connectivity index (χ1) is 18.5. The minimum absolute atomic E-state index is 0.0426. The molecule has 0 aromatic carbocycles. The van der Waals surface area contributed by atoms with Crippen molar-refractivity contribution in [2.45, 2.75) is 102 Å². The molecule has 1 fully saturated rings. The number of unbranched alkanes of at least 4 members (excludes halogenated alkanes) is 3. The number of Topliss-reactive ketones (excluding diaryl/α,β-unsaturated/α-hetero) is 1. The standard InChI is InChI=1S/C27H44BrN3O5S2/c1-5-8-11-33-17-19-14-20(34-12-9-6-2)24(35-13-10-7-3)21(36-19)15-29-27-30-16-22(37-27)23(32)25-18(4)31-26(28)38-25/h19-22,24H,5-17H2,1-4H3,(H,29,30)/t19-,20-,21+,22?,24-/m0/s1. The Hall–Kier alpha value is -0.560. The Balaban J connectivity index is 1.62. The van der Waals surface area contributed by atoms with Crippen molar-refractivity contribution in [2.24, 2.45) is 4.99 Å². The largest absolute Gasteiger partial charge is 0.379 e. The molecule has 2 aliphatic rings. The van der Waals surface area contributed by atoms with E-state index in [1.807, 2.05) is 6.92 Å². The second kappa shape index (κ2) is 17.3. The minimum atomic E-state index is -0.239. The van der Waals surface area contributed by atoms with Crippen LogP contribution in [-0.2, 0) is 18.9 Å². The molecule has 11 heteroatoms. The Bertz CT molecular complexity index is 887. The molecule has 1 aromatic heterocycles. The molecule has 5 atom stereocenters. The van der Waals surface area contributed by atoms with Gasteiger partial charge in [0.25, 0.3) is 0 Å². The van der Waals surface area contributed by atoms with Crippen LogP contribution in [0, 0.1) is 6.92 Å². The number of nitrogens with one attached hydrogen (secondary N) is 1. The molecule has 38 heavy (non-hydrogen) atoms. The number of aryl methyl sites for hydroxylation is 1. The Morgan fingerprint density at radius 3 is 2.50 bits per heavy atom. The summed E-state index contributed by atoms with van der Waals surface area (Å²) in [5, 5.41) is 3.98. The number of thiazole rings is 1. The molecule has 3 rings (SSSR count). The number of carbonyl (C=O) groups is 1. The average molecular weight is 635 g/mol. The van der Waals surface area contributed by atoms with Gasteiger partial charge in [0.05, 0.1) is 41.2 Å². The fourth-order valence-corrected chi connectivity index (χ4v) is 6.97. The molecule has 2 aliphatic heterocycles. The lowest BCUT2D eigenvalue weighted by atomic mass is 9.97. The van der Waals surface area contributed by atoms with Gasteiger partial charge in [0, 0.05) is 32.8 Å². The van der Waals surface area contributed by atoms with E-state index in [1.54, 1.807) is 0 Å². The summed E-state index contributed by atoms with van der Waals surface area (Å²) in [4.78, 5) is 22.7. The number of nitrogens with zero attached hydrogens (tertiary/aromatic N) is 2. The number of carbonyl (C=O) groups excluding carboxylic acids is 1. The highest BCUT2D eigenvalue weighted by molar-refractivity contribution is 9.11. The molecule has 1 aromatic rings. The van der Waals surface area contributed by atoms with Crippen LogP contribution in [0.3, 0.4) is 0 Å². The Morgan fingerprint density at radius 2 is 1.82 bits per heavy atom. The first kappa shape index (κ1) is 32.0. The van der Waals surface area contributed by atoms with Crippen LogP contribution in [0.1, 0.15) is 81.1 Å². The SMILES string of the molecule is CCCCOC[C@@H]1C[C@H](OCCCC)[C@H](OCCCC)[C@@H](CNC2=NCC(C(=O)c3sc(Br)nc3C)S2)O1. The number of rotatable bonds is 17. The Kier molecular flexibility index (Phi) is 14.5. The van der Waals surface area contributed by atoms with Crippen LogP contribution in [0.5, 0.6) is 0 Å². The minimum Gasteiger partial charge on any atom is -0.379 e. The molecule has 0 aliphatic carbocycles.